The Hall–Kier alpha value is -1.95. The van der Waals surface area contributed by atoms with Gasteiger partial charge in [0.2, 0.25) is 0 Å². The van der Waals surface area contributed by atoms with E-state index in [2.05, 4.69) is 10.6 Å². The van der Waals surface area contributed by atoms with Crippen LogP contribution in [0.5, 0.6) is 5.75 Å². The number of halogens is 1. The Labute approximate surface area is 128 Å². The molecule has 0 aliphatic heterocycles. The summed E-state index contributed by atoms with van der Waals surface area (Å²) >= 11 is 5.95. The number of aliphatic carboxylic acids is 1. The molecule has 0 aliphatic carbocycles. The molecule has 0 spiro atoms. The van der Waals surface area contributed by atoms with Crippen molar-refractivity contribution in [2.24, 2.45) is 5.41 Å². The molecule has 1 rings (SSSR count). The molecular weight excluding hydrogens is 296 g/mol. The number of hydrogen-bond donors (Lipinski definition) is 3. The molecule has 0 aromatic heterocycles. The average Bonchev–Trinajstić information content (AvgIpc) is 2.34. The number of benzene rings is 1. The number of carbonyl (C=O) groups excluding carboxylic acids is 1. The molecule has 0 bridgehead atoms. The van der Waals surface area contributed by atoms with Gasteiger partial charge in [-0.25, -0.2) is 9.59 Å². The SMILES string of the molecule is COc1ccc(NC(=O)N[C@@H](C(=O)O)C(C)(C)C)cc1Cl. The third kappa shape index (κ3) is 4.82. The number of carboxylic acid groups (broad SMARTS) is 1. The second-order valence-electron chi connectivity index (χ2n) is 5.59. The molecule has 1 aromatic rings. The van der Waals surface area contributed by atoms with E-state index in [0.29, 0.717) is 16.5 Å². The van der Waals surface area contributed by atoms with Gasteiger partial charge in [-0.1, -0.05) is 32.4 Å². The molecule has 2 amide bonds. The maximum atomic E-state index is 11.9. The van der Waals surface area contributed by atoms with E-state index >= 15 is 0 Å². The summed E-state index contributed by atoms with van der Waals surface area (Å²) in [6, 6.07) is 3.12. The van der Waals surface area contributed by atoms with Crippen LogP contribution < -0.4 is 15.4 Å². The Morgan fingerprint density at radius 3 is 2.38 bits per heavy atom. The van der Waals surface area contributed by atoms with Crippen LogP contribution in [0.25, 0.3) is 0 Å². The van der Waals surface area contributed by atoms with E-state index in [1.165, 1.54) is 13.2 Å². The van der Waals surface area contributed by atoms with Crippen molar-refractivity contribution in [2.75, 3.05) is 12.4 Å². The molecular formula is C14H19ClN2O4. The lowest BCUT2D eigenvalue weighted by molar-refractivity contribution is -0.141. The number of ether oxygens (including phenoxy) is 1. The molecule has 0 fully saturated rings. The van der Waals surface area contributed by atoms with Crippen molar-refractivity contribution in [1.82, 2.24) is 5.32 Å². The summed E-state index contributed by atoms with van der Waals surface area (Å²) in [4.78, 5) is 23.1. The van der Waals surface area contributed by atoms with Gasteiger partial charge in [-0.15, -0.1) is 0 Å². The van der Waals surface area contributed by atoms with Crippen LogP contribution in [-0.4, -0.2) is 30.3 Å². The Kier molecular flexibility index (Phi) is 5.43. The van der Waals surface area contributed by atoms with Gasteiger partial charge in [0, 0.05) is 5.69 Å². The summed E-state index contributed by atoms with van der Waals surface area (Å²) < 4.78 is 5.01. The van der Waals surface area contributed by atoms with Gasteiger partial charge in [-0.05, 0) is 23.6 Å². The smallest absolute Gasteiger partial charge is 0.326 e. The van der Waals surface area contributed by atoms with Crippen LogP contribution in [0.2, 0.25) is 5.02 Å². The molecule has 21 heavy (non-hydrogen) atoms. The van der Waals surface area contributed by atoms with Gasteiger partial charge in [0.15, 0.2) is 0 Å². The lowest BCUT2D eigenvalue weighted by Crippen LogP contribution is -2.50. The van der Waals surface area contributed by atoms with Gasteiger partial charge in [-0.2, -0.15) is 0 Å². The number of hydrogen-bond acceptors (Lipinski definition) is 3. The number of anilines is 1. The normalized spacial score (nSPS) is 12.4. The van der Waals surface area contributed by atoms with E-state index in [1.54, 1.807) is 32.9 Å². The number of urea groups is 1. The number of methoxy groups -OCH3 is 1. The zero-order chi connectivity index (χ0) is 16.2. The first-order valence-electron chi connectivity index (χ1n) is 6.29. The summed E-state index contributed by atoms with van der Waals surface area (Å²) in [5, 5.41) is 14.5. The van der Waals surface area contributed by atoms with E-state index < -0.39 is 23.5 Å². The standard InChI is InChI=1S/C14H19ClN2O4/c1-14(2,3)11(12(18)19)17-13(20)16-8-5-6-10(21-4)9(15)7-8/h5-7,11H,1-4H3,(H,18,19)(H2,16,17,20)/t11-/m0/s1. The molecule has 3 N–H and O–H groups in total. The number of carbonyl (C=O) groups is 2. The summed E-state index contributed by atoms with van der Waals surface area (Å²) in [7, 11) is 1.49. The molecule has 0 unspecified atom stereocenters. The van der Waals surface area contributed by atoms with Crippen LogP contribution in [0.3, 0.4) is 0 Å². The van der Waals surface area contributed by atoms with Crippen LogP contribution in [0.15, 0.2) is 18.2 Å². The van der Waals surface area contributed by atoms with Crippen molar-refractivity contribution in [2.45, 2.75) is 26.8 Å². The third-order valence-corrected chi connectivity index (χ3v) is 3.09. The first kappa shape index (κ1) is 17.1. The average molecular weight is 315 g/mol. The van der Waals surface area contributed by atoms with Gasteiger partial charge in [0.1, 0.15) is 11.8 Å². The molecule has 1 atom stereocenters. The predicted octanol–water partition coefficient (Wildman–Crippen LogP) is 2.97. The zero-order valence-corrected chi connectivity index (χ0v) is 13.1. The van der Waals surface area contributed by atoms with Crippen LogP contribution in [0.1, 0.15) is 20.8 Å². The molecule has 7 heteroatoms. The van der Waals surface area contributed by atoms with Crippen molar-refractivity contribution in [3.05, 3.63) is 23.2 Å². The first-order valence-corrected chi connectivity index (χ1v) is 6.67. The Bertz CT molecular complexity index is 540. The predicted molar refractivity (Wildman–Crippen MR) is 81.0 cm³/mol. The summed E-state index contributed by atoms with van der Waals surface area (Å²) in [5.41, 5.74) is -0.169. The summed E-state index contributed by atoms with van der Waals surface area (Å²) in [6.07, 6.45) is 0. The number of rotatable bonds is 4. The van der Waals surface area contributed by atoms with Crippen LogP contribution in [0, 0.1) is 5.41 Å². The summed E-state index contributed by atoms with van der Waals surface area (Å²) in [5.74, 6) is -0.605. The highest BCUT2D eigenvalue weighted by molar-refractivity contribution is 6.32. The second kappa shape index (κ2) is 6.67. The molecule has 0 saturated carbocycles. The van der Waals surface area contributed by atoms with Crippen molar-refractivity contribution < 1.29 is 19.4 Å². The highest BCUT2D eigenvalue weighted by Gasteiger charge is 2.32. The van der Waals surface area contributed by atoms with Gasteiger partial charge >= 0.3 is 12.0 Å². The van der Waals surface area contributed by atoms with Crippen LogP contribution in [-0.2, 0) is 4.79 Å². The van der Waals surface area contributed by atoms with E-state index in [0.717, 1.165) is 0 Å². The van der Waals surface area contributed by atoms with Crippen molar-refractivity contribution >= 4 is 29.3 Å². The minimum atomic E-state index is -1.09. The van der Waals surface area contributed by atoms with Gasteiger partial charge in [0.05, 0.1) is 12.1 Å². The van der Waals surface area contributed by atoms with Gasteiger partial charge in [-0.3, -0.25) is 0 Å². The van der Waals surface area contributed by atoms with Crippen molar-refractivity contribution in [3.63, 3.8) is 0 Å². The molecule has 0 saturated heterocycles. The topological polar surface area (TPSA) is 87.7 Å². The molecule has 116 valence electrons. The third-order valence-electron chi connectivity index (χ3n) is 2.80. The van der Waals surface area contributed by atoms with Crippen molar-refractivity contribution in [3.8, 4) is 5.75 Å². The molecule has 0 heterocycles. The van der Waals surface area contributed by atoms with E-state index in [9.17, 15) is 9.59 Å². The molecule has 0 aliphatic rings. The molecule has 6 nitrogen and oxygen atoms in total. The molecule has 0 radical (unpaired) electrons. The fraction of sp³-hybridized carbons (Fsp3) is 0.429. The number of carboxylic acids is 1. The van der Waals surface area contributed by atoms with Gasteiger partial charge in [0.25, 0.3) is 0 Å². The maximum absolute atomic E-state index is 11.9. The van der Waals surface area contributed by atoms with E-state index in [-0.39, 0.29) is 0 Å². The summed E-state index contributed by atoms with van der Waals surface area (Å²) in [6.45, 7) is 5.20. The van der Waals surface area contributed by atoms with E-state index in [4.69, 9.17) is 21.4 Å². The highest BCUT2D eigenvalue weighted by Crippen LogP contribution is 2.27. The zero-order valence-electron chi connectivity index (χ0n) is 12.4. The number of nitrogens with one attached hydrogen (secondary N) is 2. The first-order chi connectivity index (χ1) is 9.65. The van der Waals surface area contributed by atoms with Gasteiger partial charge < -0.3 is 20.5 Å². The second-order valence-corrected chi connectivity index (χ2v) is 5.99. The minimum Gasteiger partial charge on any atom is -0.495 e. The van der Waals surface area contributed by atoms with Crippen LogP contribution in [0.4, 0.5) is 10.5 Å². The number of amides is 2. The lowest BCUT2D eigenvalue weighted by Gasteiger charge is -2.27. The Balaban J connectivity index is 2.77. The minimum absolute atomic E-state index is 0.348. The maximum Gasteiger partial charge on any atom is 0.326 e. The Morgan fingerprint density at radius 1 is 1.33 bits per heavy atom. The largest absolute Gasteiger partial charge is 0.495 e. The fourth-order valence-corrected chi connectivity index (χ4v) is 1.95. The molecule has 1 aromatic carbocycles. The Morgan fingerprint density at radius 2 is 1.95 bits per heavy atom. The lowest BCUT2D eigenvalue weighted by atomic mass is 9.87. The van der Waals surface area contributed by atoms with E-state index in [1.807, 2.05) is 0 Å². The quantitative estimate of drug-likeness (QED) is 0.797. The van der Waals surface area contributed by atoms with Crippen molar-refractivity contribution in [1.29, 1.82) is 0 Å². The van der Waals surface area contributed by atoms with Crippen LogP contribution >= 0.6 is 11.6 Å². The monoisotopic (exact) mass is 314 g/mol. The highest BCUT2D eigenvalue weighted by atomic mass is 35.5. The fourth-order valence-electron chi connectivity index (χ4n) is 1.69.